The van der Waals surface area contributed by atoms with Crippen LogP contribution in [0.15, 0.2) is 42.5 Å². The Bertz CT molecular complexity index is 1050. The van der Waals surface area contributed by atoms with Gasteiger partial charge in [-0.15, -0.1) is 13.2 Å². The van der Waals surface area contributed by atoms with Gasteiger partial charge in [0.2, 0.25) is 0 Å². The molecule has 0 spiro atoms. The average molecular weight is 491 g/mol. The van der Waals surface area contributed by atoms with Crippen LogP contribution in [0.25, 0.3) is 0 Å². The predicted octanol–water partition coefficient (Wildman–Crippen LogP) is 3.86. The van der Waals surface area contributed by atoms with E-state index in [-0.39, 0.29) is 18.3 Å². The molecule has 2 aliphatic rings. The highest BCUT2D eigenvalue weighted by Gasteiger charge is 2.31. The van der Waals surface area contributed by atoms with Crippen LogP contribution in [0, 0.1) is 0 Å². The fourth-order valence-corrected chi connectivity index (χ4v) is 4.72. The normalized spacial score (nSPS) is 17.0. The van der Waals surface area contributed by atoms with Crippen molar-refractivity contribution < 1.29 is 27.5 Å². The number of nitrogens with one attached hydrogen (secondary N) is 2. The number of nitrogens with zero attached hydrogens (tertiary/aromatic N) is 2. The van der Waals surface area contributed by atoms with Gasteiger partial charge in [-0.05, 0) is 80.2 Å². The summed E-state index contributed by atoms with van der Waals surface area (Å²) in [5.74, 6) is -2.10. The standard InChI is InChI=1S/C25H29F3N4O3/c1-31-12-4-5-17-15-18(6-11-21(17)31)22(32-13-2-3-14-32)16-29-23(33)24(34)30-19-7-9-20(10-8-19)35-25(26,27)28/h6-11,15,22H,2-5,12-14,16H2,1H3,(H,29,33)(H,30,34)/t22-/m0/s1. The van der Waals surface area contributed by atoms with Gasteiger partial charge >= 0.3 is 18.2 Å². The second-order valence-electron chi connectivity index (χ2n) is 8.91. The molecular formula is C25H29F3N4O3. The number of carbonyl (C=O) groups is 2. The Morgan fingerprint density at radius 2 is 1.71 bits per heavy atom. The molecule has 188 valence electrons. The molecule has 2 heterocycles. The molecule has 7 nitrogen and oxygen atoms in total. The number of anilines is 2. The summed E-state index contributed by atoms with van der Waals surface area (Å²) in [6, 6.07) is 11.0. The summed E-state index contributed by atoms with van der Waals surface area (Å²) < 4.78 is 40.7. The van der Waals surface area contributed by atoms with Crippen molar-refractivity contribution in [2.75, 3.05) is 43.4 Å². The first-order chi connectivity index (χ1) is 16.7. The van der Waals surface area contributed by atoms with Crippen molar-refractivity contribution in [2.45, 2.75) is 38.1 Å². The number of hydrogen-bond donors (Lipinski definition) is 2. The number of benzene rings is 2. The fourth-order valence-electron chi connectivity index (χ4n) is 4.72. The van der Waals surface area contributed by atoms with Gasteiger partial charge in [-0.25, -0.2) is 0 Å². The third-order valence-electron chi connectivity index (χ3n) is 6.43. The maximum Gasteiger partial charge on any atom is 0.573 e. The maximum absolute atomic E-state index is 12.5. The van der Waals surface area contributed by atoms with E-state index in [9.17, 15) is 22.8 Å². The molecule has 0 radical (unpaired) electrons. The molecule has 2 aromatic rings. The van der Waals surface area contributed by atoms with Crippen molar-refractivity contribution in [1.82, 2.24) is 10.2 Å². The summed E-state index contributed by atoms with van der Waals surface area (Å²) in [4.78, 5) is 29.5. The molecule has 10 heteroatoms. The van der Waals surface area contributed by atoms with E-state index >= 15 is 0 Å². The SMILES string of the molecule is CN1CCCc2cc([C@H](CNC(=O)C(=O)Nc3ccc(OC(F)(F)F)cc3)N3CCCC3)ccc21. The second-order valence-corrected chi connectivity index (χ2v) is 8.91. The number of fused-ring (bicyclic) bond motifs is 1. The smallest absolute Gasteiger partial charge is 0.406 e. The summed E-state index contributed by atoms with van der Waals surface area (Å²) in [6.07, 6.45) is -0.507. The molecule has 35 heavy (non-hydrogen) atoms. The minimum atomic E-state index is -4.80. The Labute approximate surface area is 202 Å². The summed E-state index contributed by atoms with van der Waals surface area (Å²) in [6.45, 7) is 3.16. The molecule has 2 aliphatic heterocycles. The highest BCUT2D eigenvalue weighted by atomic mass is 19.4. The number of carbonyl (C=O) groups excluding carboxylic acids is 2. The Morgan fingerprint density at radius 3 is 2.40 bits per heavy atom. The van der Waals surface area contributed by atoms with Gasteiger partial charge < -0.3 is 20.3 Å². The molecular weight excluding hydrogens is 461 g/mol. The molecule has 2 aromatic carbocycles. The zero-order valence-corrected chi connectivity index (χ0v) is 19.5. The molecule has 0 aliphatic carbocycles. The Kier molecular flexibility index (Phi) is 7.49. The number of likely N-dealkylation sites (tertiary alicyclic amines) is 1. The van der Waals surface area contributed by atoms with Crippen LogP contribution in [0.3, 0.4) is 0 Å². The third kappa shape index (κ3) is 6.45. The first-order valence-electron chi connectivity index (χ1n) is 11.7. The van der Waals surface area contributed by atoms with E-state index in [4.69, 9.17) is 0 Å². The monoisotopic (exact) mass is 490 g/mol. The van der Waals surface area contributed by atoms with Crippen molar-refractivity contribution >= 4 is 23.2 Å². The average Bonchev–Trinajstić information content (AvgIpc) is 3.34. The lowest BCUT2D eigenvalue weighted by molar-refractivity contribution is -0.274. The first-order valence-corrected chi connectivity index (χ1v) is 11.7. The van der Waals surface area contributed by atoms with Crippen molar-refractivity contribution in [3.63, 3.8) is 0 Å². The number of alkyl halides is 3. The van der Waals surface area contributed by atoms with Crippen LogP contribution in [0.2, 0.25) is 0 Å². The molecule has 1 saturated heterocycles. The second kappa shape index (κ2) is 10.6. The van der Waals surface area contributed by atoms with Crippen LogP contribution in [0.5, 0.6) is 5.75 Å². The first kappa shape index (κ1) is 24.8. The van der Waals surface area contributed by atoms with E-state index in [2.05, 4.69) is 50.4 Å². The van der Waals surface area contributed by atoms with Gasteiger partial charge in [-0.3, -0.25) is 14.5 Å². The Hall–Kier alpha value is -3.27. The van der Waals surface area contributed by atoms with Gasteiger partial charge in [-0.1, -0.05) is 12.1 Å². The van der Waals surface area contributed by atoms with E-state index in [1.54, 1.807) is 0 Å². The molecule has 0 unspecified atom stereocenters. The molecule has 2 N–H and O–H groups in total. The molecule has 1 fully saturated rings. The van der Waals surface area contributed by atoms with Gasteiger partial charge in [0.1, 0.15) is 5.75 Å². The number of aryl methyl sites for hydroxylation is 1. The van der Waals surface area contributed by atoms with Crippen LogP contribution in [0.4, 0.5) is 24.5 Å². The number of ether oxygens (including phenoxy) is 1. The molecule has 0 aromatic heterocycles. The van der Waals surface area contributed by atoms with Crippen LogP contribution >= 0.6 is 0 Å². The molecule has 2 amide bonds. The van der Waals surface area contributed by atoms with E-state index < -0.39 is 23.9 Å². The van der Waals surface area contributed by atoms with E-state index in [0.717, 1.165) is 63.0 Å². The highest BCUT2D eigenvalue weighted by molar-refractivity contribution is 6.39. The third-order valence-corrected chi connectivity index (χ3v) is 6.43. The van der Waals surface area contributed by atoms with E-state index in [0.29, 0.717) is 0 Å². The lowest BCUT2D eigenvalue weighted by atomic mass is 9.96. The molecule has 4 rings (SSSR count). The van der Waals surface area contributed by atoms with Crippen molar-refractivity contribution in [2.24, 2.45) is 0 Å². The van der Waals surface area contributed by atoms with Gasteiger partial charge in [0.15, 0.2) is 0 Å². The van der Waals surface area contributed by atoms with Crippen molar-refractivity contribution in [3.05, 3.63) is 53.6 Å². The number of amides is 2. The summed E-state index contributed by atoms with van der Waals surface area (Å²) in [5.41, 5.74) is 3.83. The largest absolute Gasteiger partial charge is 0.573 e. The quantitative estimate of drug-likeness (QED) is 0.602. The fraction of sp³-hybridized carbons (Fsp3) is 0.440. The minimum absolute atomic E-state index is 0.0504. The summed E-state index contributed by atoms with van der Waals surface area (Å²) in [5, 5.41) is 5.14. The van der Waals surface area contributed by atoms with Gasteiger partial charge in [0.25, 0.3) is 0 Å². The number of halogens is 3. The van der Waals surface area contributed by atoms with Crippen molar-refractivity contribution in [3.8, 4) is 5.75 Å². The Morgan fingerprint density at radius 1 is 1.00 bits per heavy atom. The van der Waals surface area contributed by atoms with Crippen molar-refractivity contribution in [1.29, 1.82) is 0 Å². The zero-order chi connectivity index (χ0) is 25.0. The van der Waals surface area contributed by atoms with Gasteiger partial charge in [-0.2, -0.15) is 0 Å². The lowest BCUT2D eigenvalue weighted by Gasteiger charge is -2.31. The van der Waals surface area contributed by atoms with E-state index in [1.807, 2.05) is 0 Å². The molecule has 0 bridgehead atoms. The zero-order valence-electron chi connectivity index (χ0n) is 19.5. The van der Waals surface area contributed by atoms with Crippen LogP contribution in [-0.2, 0) is 16.0 Å². The van der Waals surface area contributed by atoms with Crippen LogP contribution in [-0.4, -0.2) is 56.3 Å². The highest BCUT2D eigenvalue weighted by Crippen LogP contribution is 2.32. The summed E-state index contributed by atoms with van der Waals surface area (Å²) >= 11 is 0. The van der Waals surface area contributed by atoms with Crippen LogP contribution in [0.1, 0.15) is 36.4 Å². The Balaban J connectivity index is 1.39. The number of hydrogen-bond acceptors (Lipinski definition) is 5. The topological polar surface area (TPSA) is 73.9 Å². The lowest BCUT2D eigenvalue weighted by Crippen LogP contribution is -2.41. The van der Waals surface area contributed by atoms with Gasteiger partial charge in [0.05, 0.1) is 6.04 Å². The van der Waals surface area contributed by atoms with Crippen LogP contribution < -0.4 is 20.3 Å². The maximum atomic E-state index is 12.5. The van der Waals surface area contributed by atoms with Gasteiger partial charge in [0, 0.05) is 31.5 Å². The molecule has 0 saturated carbocycles. The summed E-state index contributed by atoms with van der Waals surface area (Å²) in [7, 11) is 2.09. The number of rotatable bonds is 6. The predicted molar refractivity (Wildman–Crippen MR) is 126 cm³/mol. The van der Waals surface area contributed by atoms with E-state index in [1.165, 1.54) is 23.4 Å². The molecule has 1 atom stereocenters. The minimum Gasteiger partial charge on any atom is -0.406 e.